The molecule has 0 radical (unpaired) electrons. The molecule has 2 unspecified atom stereocenters. The van der Waals surface area contributed by atoms with E-state index in [4.69, 9.17) is 22.1 Å². The number of aromatic nitrogens is 1. The number of ether oxygens (including phenoxy) is 1. The van der Waals surface area contributed by atoms with Crippen LogP contribution in [0.5, 0.6) is 0 Å². The minimum atomic E-state index is -0.501. The van der Waals surface area contributed by atoms with Gasteiger partial charge in [-0.2, -0.15) is 0 Å². The normalized spacial score (nSPS) is 28.6. The van der Waals surface area contributed by atoms with E-state index in [1.807, 2.05) is 48.9 Å². The predicted octanol–water partition coefficient (Wildman–Crippen LogP) is 3.10. The molecule has 1 aromatic heterocycles. The first-order chi connectivity index (χ1) is 7.97. The van der Waals surface area contributed by atoms with Gasteiger partial charge in [0, 0.05) is 6.20 Å². The van der Waals surface area contributed by atoms with E-state index in [9.17, 15) is 0 Å². The first-order valence-corrected chi connectivity index (χ1v) is 5.90. The van der Waals surface area contributed by atoms with Gasteiger partial charge in [-0.1, -0.05) is 6.08 Å². The summed E-state index contributed by atoms with van der Waals surface area (Å²) in [6, 6.07) is 3.75. The molecule has 0 aromatic carbocycles. The fourth-order valence-electron chi connectivity index (χ4n) is 2.37. The van der Waals surface area contributed by atoms with Crippen LogP contribution in [-0.2, 0) is 4.74 Å². The third kappa shape index (κ3) is 1.95. The Morgan fingerprint density at radius 1 is 1.53 bits per heavy atom. The lowest BCUT2D eigenvalue weighted by atomic mass is 9.88. The van der Waals surface area contributed by atoms with Crippen molar-refractivity contribution in [3.63, 3.8) is 0 Å². The molecule has 0 amide bonds. The topological polar surface area (TPSA) is 40.2 Å². The highest BCUT2D eigenvalue weighted by atomic mass is 35.5. The summed E-state index contributed by atoms with van der Waals surface area (Å²) >= 11 is 6.57. The number of halogens is 1. The number of anilines is 1. The Labute approximate surface area is 107 Å². The van der Waals surface area contributed by atoms with Crippen molar-refractivity contribution in [2.45, 2.75) is 24.8 Å². The Bertz CT molecular complexity index is 485. The van der Waals surface area contributed by atoms with Crippen LogP contribution in [0.3, 0.4) is 0 Å². The molecule has 2 N–H and O–H groups in total. The van der Waals surface area contributed by atoms with E-state index >= 15 is 0 Å². The summed E-state index contributed by atoms with van der Waals surface area (Å²) < 4.78 is 7.32. The fraction of sp³-hybridized carbons (Fsp3) is 0.385. The second kappa shape index (κ2) is 4.15. The SMILES string of the molecule is COC1=C(C)C(n2cccc2N)C(C)(Cl)C=C1. The summed E-state index contributed by atoms with van der Waals surface area (Å²) in [4.78, 5) is -0.501. The standard InChI is InChI=1S/C13H17ClN2O/c1-9-10(17-3)6-7-13(2,14)12(9)16-8-4-5-11(16)15/h4-8,12H,15H2,1-3H3. The van der Waals surface area contributed by atoms with Crippen molar-refractivity contribution in [2.24, 2.45) is 0 Å². The molecule has 1 aliphatic rings. The van der Waals surface area contributed by atoms with Gasteiger partial charge >= 0.3 is 0 Å². The van der Waals surface area contributed by atoms with Gasteiger partial charge in [0.15, 0.2) is 0 Å². The molecule has 2 atom stereocenters. The lowest BCUT2D eigenvalue weighted by Crippen LogP contribution is -2.33. The van der Waals surface area contributed by atoms with E-state index in [0.29, 0.717) is 5.82 Å². The maximum Gasteiger partial charge on any atom is 0.119 e. The predicted molar refractivity (Wildman–Crippen MR) is 71.0 cm³/mol. The maximum absolute atomic E-state index is 6.57. The molecule has 0 fully saturated rings. The lowest BCUT2D eigenvalue weighted by molar-refractivity contribution is 0.289. The van der Waals surface area contributed by atoms with E-state index in [0.717, 1.165) is 11.3 Å². The molecule has 1 aliphatic carbocycles. The molecule has 3 nitrogen and oxygen atoms in total. The smallest absolute Gasteiger partial charge is 0.119 e. The number of alkyl halides is 1. The van der Waals surface area contributed by atoms with E-state index in [1.54, 1.807) is 7.11 Å². The van der Waals surface area contributed by atoms with E-state index < -0.39 is 4.87 Å². The van der Waals surface area contributed by atoms with Crippen molar-refractivity contribution >= 4 is 17.4 Å². The van der Waals surface area contributed by atoms with Gasteiger partial charge in [-0.3, -0.25) is 0 Å². The molecule has 92 valence electrons. The van der Waals surface area contributed by atoms with Gasteiger partial charge in [0.25, 0.3) is 0 Å². The van der Waals surface area contributed by atoms with Crippen LogP contribution in [0, 0.1) is 0 Å². The first kappa shape index (κ1) is 12.1. The second-order valence-electron chi connectivity index (χ2n) is 4.48. The van der Waals surface area contributed by atoms with Crippen molar-refractivity contribution < 1.29 is 4.74 Å². The molecular weight excluding hydrogens is 236 g/mol. The number of hydrogen-bond donors (Lipinski definition) is 1. The van der Waals surface area contributed by atoms with Crippen LogP contribution < -0.4 is 5.73 Å². The summed E-state index contributed by atoms with van der Waals surface area (Å²) in [5.41, 5.74) is 7.04. The molecule has 0 spiro atoms. The second-order valence-corrected chi connectivity index (χ2v) is 5.29. The van der Waals surface area contributed by atoms with Crippen LogP contribution in [0.25, 0.3) is 0 Å². The summed E-state index contributed by atoms with van der Waals surface area (Å²) in [5, 5.41) is 0. The number of nitrogens with zero attached hydrogens (tertiary/aromatic N) is 1. The minimum Gasteiger partial charge on any atom is -0.497 e. The zero-order valence-electron chi connectivity index (χ0n) is 10.3. The van der Waals surface area contributed by atoms with Gasteiger partial charge in [0.1, 0.15) is 11.6 Å². The molecule has 17 heavy (non-hydrogen) atoms. The highest BCUT2D eigenvalue weighted by molar-refractivity contribution is 6.25. The van der Waals surface area contributed by atoms with Crippen molar-refractivity contribution in [2.75, 3.05) is 12.8 Å². The van der Waals surface area contributed by atoms with Crippen molar-refractivity contribution in [3.05, 3.63) is 41.8 Å². The van der Waals surface area contributed by atoms with Gasteiger partial charge in [0.05, 0.1) is 18.0 Å². The summed E-state index contributed by atoms with van der Waals surface area (Å²) in [7, 11) is 1.66. The Hall–Kier alpha value is -1.35. The van der Waals surface area contributed by atoms with Crippen LogP contribution in [0.1, 0.15) is 19.9 Å². The van der Waals surface area contributed by atoms with Crippen LogP contribution in [-0.4, -0.2) is 16.6 Å². The Balaban J connectivity index is 2.53. The largest absolute Gasteiger partial charge is 0.497 e. The third-order valence-corrected chi connectivity index (χ3v) is 3.54. The van der Waals surface area contributed by atoms with Gasteiger partial charge in [-0.05, 0) is 37.6 Å². The molecule has 2 rings (SSSR count). The number of allylic oxidation sites excluding steroid dienone is 3. The third-order valence-electron chi connectivity index (χ3n) is 3.20. The van der Waals surface area contributed by atoms with Gasteiger partial charge in [0.2, 0.25) is 0 Å². The molecule has 0 saturated heterocycles. The zero-order valence-corrected chi connectivity index (χ0v) is 11.0. The zero-order chi connectivity index (χ0) is 12.6. The Morgan fingerprint density at radius 2 is 2.24 bits per heavy atom. The number of nitrogens with two attached hydrogens (primary N) is 1. The monoisotopic (exact) mass is 252 g/mol. The number of methoxy groups -OCH3 is 1. The van der Waals surface area contributed by atoms with Crippen LogP contribution in [0.4, 0.5) is 5.82 Å². The molecule has 0 saturated carbocycles. The quantitative estimate of drug-likeness (QED) is 0.822. The van der Waals surface area contributed by atoms with Crippen molar-refractivity contribution in [1.82, 2.24) is 4.57 Å². The molecule has 1 aromatic rings. The number of rotatable bonds is 2. The summed E-state index contributed by atoms with van der Waals surface area (Å²) in [6.07, 6.45) is 5.81. The highest BCUT2D eigenvalue weighted by Gasteiger charge is 2.37. The molecule has 4 heteroatoms. The van der Waals surface area contributed by atoms with Crippen LogP contribution in [0.15, 0.2) is 41.8 Å². The van der Waals surface area contributed by atoms with Gasteiger partial charge in [-0.15, -0.1) is 11.6 Å². The molecular formula is C13H17ClN2O. The fourth-order valence-corrected chi connectivity index (χ4v) is 2.70. The molecule has 1 heterocycles. The van der Waals surface area contributed by atoms with Crippen LogP contribution >= 0.6 is 11.6 Å². The van der Waals surface area contributed by atoms with Gasteiger partial charge < -0.3 is 15.0 Å². The number of hydrogen-bond acceptors (Lipinski definition) is 2. The van der Waals surface area contributed by atoms with E-state index in [2.05, 4.69) is 0 Å². The average Bonchev–Trinajstić information content (AvgIpc) is 2.64. The lowest BCUT2D eigenvalue weighted by Gasteiger charge is -2.35. The van der Waals surface area contributed by atoms with E-state index in [-0.39, 0.29) is 6.04 Å². The average molecular weight is 253 g/mol. The first-order valence-electron chi connectivity index (χ1n) is 5.52. The Morgan fingerprint density at radius 3 is 2.76 bits per heavy atom. The van der Waals surface area contributed by atoms with Crippen molar-refractivity contribution in [3.8, 4) is 0 Å². The molecule has 0 bridgehead atoms. The van der Waals surface area contributed by atoms with E-state index in [1.165, 1.54) is 0 Å². The van der Waals surface area contributed by atoms with Crippen LogP contribution in [0.2, 0.25) is 0 Å². The molecule has 0 aliphatic heterocycles. The number of nitrogen functional groups attached to an aromatic ring is 1. The maximum atomic E-state index is 6.57. The minimum absolute atomic E-state index is 0.0286. The summed E-state index contributed by atoms with van der Waals surface area (Å²) in [5.74, 6) is 1.55. The van der Waals surface area contributed by atoms with Crippen molar-refractivity contribution in [1.29, 1.82) is 0 Å². The Kier molecular flexibility index (Phi) is 2.96. The highest BCUT2D eigenvalue weighted by Crippen LogP contribution is 2.42. The van der Waals surface area contributed by atoms with Gasteiger partial charge in [-0.25, -0.2) is 0 Å². The summed E-state index contributed by atoms with van der Waals surface area (Å²) in [6.45, 7) is 4.00.